The summed E-state index contributed by atoms with van der Waals surface area (Å²) in [6.45, 7) is 3.19. The molecule has 1 atom stereocenters. The first kappa shape index (κ1) is 19.5. The molecule has 3 N–H and O–H groups in total. The van der Waals surface area contributed by atoms with Gasteiger partial charge in [-0.3, -0.25) is 4.79 Å². The number of nitrogens with one attached hydrogen (secondary N) is 1. The predicted octanol–water partition coefficient (Wildman–Crippen LogP) is 1.77. The van der Waals surface area contributed by atoms with E-state index in [1.807, 2.05) is 25.1 Å². The number of halogens is 1. The lowest BCUT2D eigenvalue weighted by atomic mass is 10.1. The van der Waals surface area contributed by atoms with Crippen molar-refractivity contribution >= 4 is 18.3 Å². The molecule has 1 aromatic carbocycles. The van der Waals surface area contributed by atoms with E-state index < -0.39 is 0 Å². The van der Waals surface area contributed by atoms with E-state index in [0.29, 0.717) is 31.8 Å². The molecule has 0 saturated heterocycles. The van der Waals surface area contributed by atoms with Crippen LogP contribution in [0.5, 0.6) is 11.5 Å². The molecule has 0 spiro atoms. The van der Waals surface area contributed by atoms with Gasteiger partial charge in [0.15, 0.2) is 0 Å². The number of methoxy groups -OCH3 is 2. The Morgan fingerprint density at radius 3 is 2.62 bits per heavy atom. The number of carbonyl (C=O) groups excluding carboxylic acids is 1. The number of nitrogens with two attached hydrogens (primary N) is 1. The highest BCUT2D eigenvalue weighted by Gasteiger charge is 2.09. The zero-order valence-electron chi connectivity index (χ0n) is 12.8. The van der Waals surface area contributed by atoms with Gasteiger partial charge in [0.05, 0.1) is 14.2 Å². The van der Waals surface area contributed by atoms with E-state index in [9.17, 15) is 4.79 Å². The smallest absolute Gasteiger partial charge is 0.220 e. The molecule has 0 radical (unpaired) electrons. The van der Waals surface area contributed by atoms with Gasteiger partial charge in [0.2, 0.25) is 5.91 Å². The largest absolute Gasteiger partial charge is 0.497 e. The lowest BCUT2D eigenvalue weighted by Crippen LogP contribution is -2.31. The molecule has 0 aliphatic rings. The molecule has 5 nitrogen and oxygen atoms in total. The van der Waals surface area contributed by atoms with Gasteiger partial charge >= 0.3 is 0 Å². The van der Waals surface area contributed by atoms with Gasteiger partial charge in [-0.15, -0.1) is 12.4 Å². The Bertz CT molecular complexity index is 441. The number of hydrogen-bond donors (Lipinski definition) is 2. The van der Waals surface area contributed by atoms with Crippen molar-refractivity contribution in [3.8, 4) is 11.5 Å². The summed E-state index contributed by atoms with van der Waals surface area (Å²) in [4.78, 5) is 11.8. The van der Waals surface area contributed by atoms with Crippen LogP contribution in [0.2, 0.25) is 0 Å². The van der Waals surface area contributed by atoms with Gasteiger partial charge in [-0.25, -0.2) is 0 Å². The maximum Gasteiger partial charge on any atom is 0.220 e. The van der Waals surface area contributed by atoms with E-state index >= 15 is 0 Å². The molecular formula is C15H25ClN2O3. The van der Waals surface area contributed by atoms with Gasteiger partial charge in [-0.1, -0.05) is 6.92 Å². The van der Waals surface area contributed by atoms with Crippen LogP contribution in [-0.4, -0.2) is 33.2 Å². The van der Waals surface area contributed by atoms with Crippen molar-refractivity contribution in [2.24, 2.45) is 11.7 Å². The maximum absolute atomic E-state index is 11.8. The first-order chi connectivity index (χ1) is 9.60. The van der Waals surface area contributed by atoms with Crippen molar-refractivity contribution in [3.63, 3.8) is 0 Å². The molecular weight excluding hydrogens is 292 g/mol. The highest BCUT2D eigenvalue weighted by atomic mass is 35.5. The Morgan fingerprint density at radius 2 is 2.05 bits per heavy atom. The molecule has 1 aromatic rings. The van der Waals surface area contributed by atoms with Crippen LogP contribution in [0.1, 0.15) is 18.9 Å². The highest BCUT2D eigenvalue weighted by Crippen LogP contribution is 2.24. The normalized spacial score (nSPS) is 11.2. The van der Waals surface area contributed by atoms with Crippen molar-refractivity contribution in [2.75, 3.05) is 27.3 Å². The maximum atomic E-state index is 11.8. The average Bonchev–Trinajstić information content (AvgIpc) is 2.49. The summed E-state index contributed by atoms with van der Waals surface area (Å²) in [5.41, 5.74) is 6.48. The first-order valence-corrected chi connectivity index (χ1v) is 6.78. The van der Waals surface area contributed by atoms with Crippen molar-refractivity contribution in [3.05, 3.63) is 23.8 Å². The Labute approximate surface area is 132 Å². The van der Waals surface area contributed by atoms with Gasteiger partial charge in [0, 0.05) is 13.0 Å². The molecule has 0 bridgehead atoms. The fraction of sp³-hybridized carbons (Fsp3) is 0.533. The zero-order valence-corrected chi connectivity index (χ0v) is 13.7. The molecule has 0 saturated carbocycles. The second kappa shape index (κ2) is 10.3. The second-order valence-electron chi connectivity index (χ2n) is 4.82. The van der Waals surface area contributed by atoms with Crippen molar-refractivity contribution in [2.45, 2.75) is 19.8 Å². The van der Waals surface area contributed by atoms with E-state index in [-0.39, 0.29) is 18.3 Å². The van der Waals surface area contributed by atoms with Crippen molar-refractivity contribution in [1.82, 2.24) is 5.32 Å². The number of benzene rings is 1. The molecule has 0 aromatic heterocycles. The molecule has 0 heterocycles. The van der Waals surface area contributed by atoms with E-state index in [1.54, 1.807) is 14.2 Å². The number of carbonyl (C=O) groups is 1. The third-order valence-corrected chi connectivity index (χ3v) is 3.16. The summed E-state index contributed by atoms with van der Waals surface area (Å²) >= 11 is 0. The Kier molecular flexibility index (Phi) is 9.58. The summed E-state index contributed by atoms with van der Waals surface area (Å²) in [6.07, 6.45) is 1.03. The van der Waals surface area contributed by atoms with Gasteiger partial charge < -0.3 is 20.5 Å². The highest BCUT2D eigenvalue weighted by molar-refractivity contribution is 5.85. The monoisotopic (exact) mass is 316 g/mol. The van der Waals surface area contributed by atoms with Gasteiger partial charge in [-0.2, -0.15) is 0 Å². The minimum Gasteiger partial charge on any atom is -0.497 e. The lowest BCUT2D eigenvalue weighted by molar-refractivity contribution is -0.121. The van der Waals surface area contributed by atoms with Gasteiger partial charge in [0.1, 0.15) is 11.5 Å². The second-order valence-corrected chi connectivity index (χ2v) is 4.82. The Hall–Kier alpha value is -1.46. The Balaban J connectivity index is 0.00000400. The van der Waals surface area contributed by atoms with Crippen LogP contribution < -0.4 is 20.5 Å². The molecule has 120 valence electrons. The number of amides is 1. The summed E-state index contributed by atoms with van der Waals surface area (Å²) < 4.78 is 10.5. The molecule has 0 aliphatic carbocycles. The van der Waals surface area contributed by atoms with Crippen LogP contribution in [0, 0.1) is 5.92 Å². The van der Waals surface area contributed by atoms with Crippen LogP contribution in [0.3, 0.4) is 0 Å². The van der Waals surface area contributed by atoms with Crippen molar-refractivity contribution < 1.29 is 14.3 Å². The van der Waals surface area contributed by atoms with Gasteiger partial charge in [-0.05, 0) is 42.6 Å². The number of ether oxygens (including phenoxy) is 2. The summed E-state index contributed by atoms with van der Waals surface area (Å²) in [7, 11) is 3.24. The minimum atomic E-state index is 0. The summed E-state index contributed by atoms with van der Waals surface area (Å²) in [5.74, 6) is 1.85. The fourth-order valence-electron chi connectivity index (χ4n) is 1.79. The van der Waals surface area contributed by atoms with E-state index in [0.717, 1.165) is 17.1 Å². The third-order valence-electron chi connectivity index (χ3n) is 3.16. The topological polar surface area (TPSA) is 73.6 Å². The molecule has 0 fully saturated rings. The first-order valence-electron chi connectivity index (χ1n) is 6.78. The summed E-state index contributed by atoms with van der Waals surface area (Å²) in [5, 5.41) is 2.88. The van der Waals surface area contributed by atoms with E-state index in [1.165, 1.54) is 0 Å². The molecule has 6 heteroatoms. The van der Waals surface area contributed by atoms with Crippen molar-refractivity contribution in [1.29, 1.82) is 0 Å². The average molecular weight is 317 g/mol. The van der Waals surface area contributed by atoms with E-state index in [4.69, 9.17) is 15.2 Å². The summed E-state index contributed by atoms with van der Waals surface area (Å²) in [6, 6.07) is 5.59. The number of aryl methyl sites for hydroxylation is 1. The van der Waals surface area contributed by atoms with Crippen LogP contribution >= 0.6 is 12.4 Å². The van der Waals surface area contributed by atoms with Crippen LogP contribution in [-0.2, 0) is 11.2 Å². The SMILES string of the molecule is COc1ccc(OC)c(CCC(=O)NCC(C)CN)c1.Cl. The lowest BCUT2D eigenvalue weighted by Gasteiger charge is -2.12. The Morgan fingerprint density at radius 1 is 1.33 bits per heavy atom. The molecule has 1 amide bonds. The van der Waals surface area contributed by atoms with Crippen LogP contribution in [0.15, 0.2) is 18.2 Å². The number of rotatable bonds is 8. The standard InChI is InChI=1S/C15H24N2O3.ClH/c1-11(9-16)10-17-15(18)7-4-12-8-13(19-2)5-6-14(12)20-3;/h5-6,8,11H,4,7,9-10,16H2,1-3H3,(H,17,18);1H. The zero-order chi connectivity index (χ0) is 15.0. The van der Waals surface area contributed by atoms with Crippen LogP contribution in [0.4, 0.5) is 0 Å². The molecule has 1 rings (SSSR count). The van der Waals surface area contributed by atoms with Crippen LogP contribution in [0.25, 0.3) is 0 Å². The van der Waals surface area contributed by atoms with E-state index in [2.05, 4.69) is 5.32 Å². The molecule has 0 aliphatic heterocycles. The van der Waals surface area contributed by atoms with Gasteiger partial charge in [0.25, 0.3) is 0 Å². The number of hydrogen-bond acceptors (Lipinski definition) is 4. The quantitative estimate of drug-likeness (QED) is 0.766. The molecule has 21 heavy (non-hydrogen) atoms. The fourth-order valence-corrected chi connectivity index (χ4v) is 1.79. The predicted molar refractivity (Wildman–Crippen MR) is 86.3 cm³/mol. The molecule has 1 unspecified atom stereocenters. The minimum absolute atomic E-state index is 0. The third kappa shape index (κ3) is 6.69.